The van der Waals surface area contributed by atoms with Crippen LogP contribution < -0.4 is 10.2 Å². The highest BCUT2D eigenvalue weighted by Crippen LogP contribution is 2.27. The summed E-state index contributed by atoms with van der Waals surface area (Å²) < 4.78 is 0.924. The lowest BCUT2D eigenvalue weighted by molar-refractivity contribution is 0.863. The third kappa shape index (κ3) is 3.30. The first-order valence-corrected chi connectivity index (χ1v) is 7.13. The van der Waals surface area contributed by atoms with Gasteiger partial charge < -0.3 is 10.2 Å². The summed E-state index contributed by atoms with van der Waals surface area (Å²) in [6.07, 6.45) is 1.77. The van der Waals surface area contributed by atoms with E-state index in [4.69, 9.17) is 0 Å². The van der Waals surface area contributed by atoms with Gasteiger partial charge in [0.1, 0.15) is 0 Å². The Morgan fingerprint density at radius 3 is 2.78 bits per heavy atom. The van der Waals surface area contributed by atoms with E-state index in [0.717, 1.165) is 10.9 Å². The van der Waals surface area contributed by atoms with E-state index in [0.29, 0.717) is 17.1 Å². The molecular weight excluding hydrogens is 268 g/mol. The van der Waals surface area contributed by atoms with Crippen molar-refractivity contribution >= 4 is 35.0 Å². The second-order valence-corrected chi connectivity index (χ2v) is 5.68. The molecule has 18 heavy (non-hydrogen) atoms. The Labute approximate surface area is 114 Å². The van der Waals surface area contributed by atoms with Crippen molar-refractivity contribution in [3.8, 4) is 0 Å². The van der Waals surface area contributed by atoms with E-state index in [2.05, 4.69) is 25.3 Å². The first kappa shape index (κ1) is 13.0. The van der Waals surface area contributed by atoms with Crippen molar-refractivity contribution in [2.24, 2.45) is 0 Å². The minimum absolute atomic E-state index is 0.593. The monoisotopic (exact) mass is 282 g/mol. The van der Waals surface area contributed by atoms with Gasteiger partial charge in [0.25, 0.3) is 0 Å². The molecule has 0 aliphatic heterocycles. The van der Waals surface area contributed by atoms with E-state index in [1.165, 1.54) is 11.8 Å². The molecule has 0 amide bonds. The molecule has 0 saturated carbocycles. The zero-order valence-electron chi connectivity index (χ0n) is 10.4. The minimum Gasteiger partial charge on any atom is -0.354 e. The van der Waals surface area contributed by atoms with Gasteiger partial charge in [-0.05, 0) is 18.7 Å². The minimum atomic E-state index is 0.593. The van der Waals surface area contributed by atoms with Crippen LogP contribution in [-0.2, 0) is 0 Å². The summed E-state index contributed by atoms with van der Waals surface area (Å²) >= 11 is 3.01. The van der Waals surface area contributed by atoms with Gasteiger partial charge in [0, 0.05) is 32.2 Å². The largest absolute Gasteiger partial charge is 0.354 e. The Bertz CT molecular complexity index is 499. The summed E-state index contributed by atoms with van der Waals surface area (Å²) in [5.74, 6) is 1.23. The third-order valence-corrected chi connectivity index (χ3v) is 3.67. The van der Waals surface area contributed by atoms with E-state index in [9.17, 15) is 0 Å². The zero-order chi connectivity index (χ0) is 13.0. The molecule has 0 bridgehead atoms. The van der Waals surface area contributed by atoms with Gasteiger partial charge in [0.15, 0.2) is 4.34 Å². The van der Waals surface area contributed by atoms with E-state index >= 15 is 0 Å². The maximum absolute atomic E-state index is 4.38. The molecule has 0 fully saturated rings. The van der Waals surface area contributed by atoms with Crippen molar-refractivity contribution in [2.45, 2.75) is 16.4 Å². The van der Waals surface area contributed by atoms with Gasteiger partial charge in [-0.1, -0.05) is 0 Å². The summed E-state index contributed by atoms with van der Waals surface area (Å²) in [5, 5.41) is 5.69. The highest BCUT2D eigenvalue weighted by atomic mass is 32.2. The fourth-order valence-electron chi connectivity index (χ4n) is 1.17. The molecule has 0 atom stereocenters. The van der Waals surface area contributed by atoms with Gasteiger partial charge in [0.05, 0.1) is 0 Å². The second kappa shape index (κ2) is 5.96. The van der Waals surface area contributed by atoms with Crippen LogP contribution in [0, 0.1) is 0 Å². The molecule has 0 aromatic carbocycles. The quantitative estimate of drug-likeness (QED) is 0.899. The first-order valence-electron chi connectivity index (χ1n) is 5.43. The van der Waals surface area contributed by atoms with Crippen LogP contribution in [0.1, 0.15) is 6.92 Å². The van der Waals surface area contributed by atoms with E-state index in [1.54, 1.807) is 17.5 Å². The fourth-order valence-corrected chi connectivity index (χ4v) is 2.64. The van der Waals surface area contributed by atoms with Crippen molar-refractivity contribution in [1.82, 2.24) is 19.9 Å². The number of aromatic nitrogens is 4. The maximum Gasteiger partial charge on any atom is 0.230 e. The molecule has 0 aliphatic rings. The highest BCUT2D eigenvalue weighted by Gasteiger charge is 2.10. The summed E-state index contributed by atoms with van der Waals surface area (Å²) in [4.78, 5) is 19.1. The topological polar surface area (TPSA) is 66.8 Å². The lowest BCUT2D eigenvalue weighted by Crippen LogP contribution is -2.15. The van der Waals surface area contributed by atoms with Crippen molar-refractivity contribution in [2.75, 3.05) is 30.9 Å². The van der Waals surface area contributed by atoms with Gasteiger partial charge in [-0.15, -0.1) is 11.3 Å². The predicted octanol–water partition coefficient (Wildman–Crippen LogP) is 1.98. The molecule has 0 unspecified atom stereocenters. The summed E-state index contributed by atoms with van der Waals surface area (Å²) in [7, 11) is 3.81. The molecule has 2 aromatic heterocycles. The van der Waals surface area contributed by atoms with E-state index in [-0.39, 0.29) is 0 Å². The van der Waals surface area contributed by atoms with Crippen molar-refractivity contribution in [3.63, 3.8) is 0 Å². The van der Waals surface area contributed by atoms with Crippen molar-refractivity contribution in [3.05, 3.63) is 11.6 Å². The molecule has 0 aliphatic carbocycles. The first-order chi connectivity index (χ1) is 8.69. The molecule has 2 rings (SSSR count). The molecule has 8 heteroatoms. The smallest absolute Gasteiger partial charge is 0.230 e. The summed E-state index contributed by atoms with van der Waals surface area (Å²) in [5.41, 5.74) is 0. The molecule has 0 saturated heterocycles. The molecule has 1 N–H and O–H groups in total. The second-order valence-electron chi connectivity index (χ2n) is 3.57. The van der Waals surface area contributed by atoms with Crippen LogP contribution in [0.3, 0.4) is 0 Å². The average Bonchev–Trinajstić information content (AvgIpc) is 2.82. The Balaban J connectivity index is 2.27. The van der Waals surface area contributed by atoms with Crippen molar-refractivity contribution in [1.29, 1.82) is 0 Å². The normalized spacial score (nSPS) is 10.4. The van der Waals surface area contributed by atoms with Crippen LogP contribution in [0.4, 0.5) is 11.9 Å². The molecule has 0 radical (unpaired) electrons. The van der Waals surface area contributed by atoms with Gasteiger partial charge in [-0.25, -0.2) is 4.98 Å². The Morgan fingerprint density at radius 2 is 2.17 bits per heavy atom. The van der Waals surface area contributed by atoms with E-state index in [1.807, 2.05) is 31.3 Å². The Morgan fingerprint density at radius 1 is 1.33 bits per heavy atom. The number of anilines is 2. The number of nitrogens with one attached hydrogen (secondary N) is 1. The standard InChI is InChI=1S/C10H14N6S2/c1-4-11-7-13-8(16(2)3)15-9(14-7)18-10-12-5-6-17-10/h5-6H,4H2,1-3H3,(H,11,13,14,15). The van der Waals surface area contributed by atoms with Crippen LogP contribution >= 0.6 is 23.1 Å². The van der Waals surface area contributed by atoms with Crippen LogP contribution in [0.2, 0.25) is 0 Å². The number of hydrogen-bond donors (Lipinski definition) is 1. The lowest BCUT2D eigenvalue weighted by atomic mass is 10.7. The number of nitrogens with zero attached hydrogens (tertiary/aromatic N) is 5. The number of rotatable bonds is 5. The van der Waals surface area contributed by atoms with Crippen molar-refractivity contribution < 1.29 is 0 Å². The molecule has 2 heterocycles. The van der Waals surface area contributed by atoms with E-state index < -0.39 is 0 Å². The molecule has 0 spiro atoms. The van der Waals surface area contributed by atoms with Gasteiger partial charge in [0.2, 0.25) is 17.1 Å². The Hall–Kier alpha value is -1.41. The number of hydrogen-bond acceptors (Lipinski definition) is 8. The maximum atomic E-state index is 4.38. The summed E-state index contributed by atoms with van der Waals surface area (Å²) in [6, 6.07) is 0. The molecule has 96 valence electrons. The predicted molar refractivity (Wildman–Crippen MR) is 74.6 cm³/mol. The SMILES string of the molecule is CCNc1nc(Sc2nccs2)nc(N(C)C)n1. The van der Waals surface area contributed by atoms with Gasteiger partial charge in [-0.2, -0.15) is 15.0 Å². The number of thiazole rings is 1. The van der Waals surface area contributed by atoms with Gasteiger partial charge in [-0.3, -0.25) is 0 Å². The summed E-state index contributed by atoms with van der Waals surface area (Å²) in [6.45, 7) is 2.78. The highest BCUT2D eigenvalue weighted by molar-refractivity contribution is 8.00. The average molecular weight is 282 g/mol. The lowest BCUT2D eigenvalue weighted by Gasteiger charge is -2.12. The molecule has 2 aromatic rings. The fraction of sp³-hybridized carbons (Fsp3) is 0.400. The van der Waals surface area contributed by atoms with Crippen LogP contribution in [0.25, 0.3) is 0 Å². The zero-order valence-corrected chi connectivity index (χ0v) is 12.0. The van der Waals surface area contributed by atoms with Crippen LogP contribution in [0.15, 0.2) is 21.1 Å². The molecule has 6 nitrogen and oxygen atoms in total. The Kier molecular flexibility index (Phi) is 4.32. The van der Waals surface area contributed by atoms with Crippen LogP contribution in [0.5, 0.6) is 0 Å². The molecular formula is C10H14N6S2. The van der Waals surface area contributed by atoms with Gasteiger partial charge >= 0.3 is 0 Å². The third-order valence-electron chi connectivity index (χ3n) is 1.93. The van der Waals surface area contributed by atoms with Crippen LogP contribution in [-0.4, -0.2) is 40.6 Å².